The average Bonchev–Trinajstić information content (AvgIpc) is 3.03. The van der Waals surface area contributed by atoms with Crippen molar-refractivity contribution in [2.24, 2.45) is 0 Å². The highest BCUT2D eigenvalue weighted by molar-refractivity contribution is 6.21. The fourth-order valence-corrected chi connectivity index (χ4v) is 2.66. The highest BCUT2D eigenvalue weighted by Crippen LogP contribution is 2.22. The predicted molar refractivity (Wildman–Crippen MR) is 78.1 cm³/mol. The van der Waals surface area contributed by atoms with Crippen LogP contribution in [0.5, 0.6) is 0 Å². The van der Waals surface area contributed by atoms with E-state index in [2.05, 4.69) is 18.8 Å². The summed E-state index contributed by atoms with van der Waals surface area (Å²) in [6, 6.07) is 6.96. The molecule has 3 rings (SSSR count). The van der Waals surface area contributed by atoms with E-state index in [1.165, 1.54) is 4.90 Å². The first-order valence-corrected chi connectivity index (χ1v) is 7.06. The van der Waals surface area contributed by atoms with Crippen LogP contribution in [0, 0.1) is 0 Å². The Balaban J connectivity index is 1.77. The molecule has 1 aromatic heterocycles. The Morgan fingerprint density at radius 1 is 1.05 bits per heavy atom. The summed E-state index contributed by atoms with van der Waals surface area (Å²) in [6.45, 7) is 5.07. The number of imide groups is 1. The second kappa shape index (κ2) is 5.16. The summed E-state index contributed by atoms with van der Waals surface area (Å²) in [5, 5.41) is 0. The Kier molecular flexibility index (Phi) is 3.33. The lowest BCUT2D eigenvalue weighted by atomic mass is 10.1. The zero-order chi connectivity index (χ0) is 15.0. The molecular formula is C16H17N3O2. The largest absolute Gasteiger partial charge is 0.333 e. The number of carbonyl (C=O) groups is 2. The van der Waals surface area contributed by atoms with Gasteiger partial charge in [0.2, 0.25) is 0 Å². The van der Waals surface area contributed by atoms with Crippen molar-refractivity contribution in [3.63, 3.8) is 0 Å². The Morgan fingerprint density at radius 2 is 1.67 bits per heavy atom. The molecule has 5 nitrogen and oxygen atoms in total. The van der Waals surface area contributed by atoms with Crippen molar-refractivity contribution in [1.82, 2.24) is 14.5 Å². The van der Waals surface area contributed by atoms with E-state index in [0.717, 1.165) is 5.82 Å². The number of hydrogen-bond donors (Lipinski definition) is 0. The van der Waals surface area contributed by atoms with Crippen LogP contribution in [-0.2, 0) is 6.54 Å². The smallest absolute Gasteiger partial charge is 0.261 e. The summed E-state index contributed by atoms with van der Waals surface area (Å²) in [6.07, 6.45) is 3.63. The lowest BCUT2D eigenvalue weighted by Gasteiger charge is -2.16. The van der Waals surface area contributed by atoms with Crippen molar-refractivity contribution in [2.75, 3.05) is 6.54 Å². The molecule has 0 atom stereocenters. The Labute approximate surface area is 123 Å². The number of aromatic nitrogens is 2. The second-order valence-electron chi connectivity index (χ2n) is 5.44. The lowest BCUT2D eigenvalue weighted by molar-refractivity contribution is 0.0648. The monoisotopic (exact) mass is 283 g/mol. The lowest BCUT2D eigenvalue weighted by Crippen LogP contribution is -2.33. The van der Waals surface area contributed by atoms with Crippen molar-refractivity contribution in [2.45, 2.75) is 26.3 Å². The third-order valence-corrected chi connectivity index (χ3v) is 3.71. The molecule has 0 radical (unpaired) electrons. The molecule has 2 heterocycles. The van der Waals surface area contributed by atoms with Gasteiger partial charge in [-0.15, -0.1) is 0 Å². The number of imidazole rings is 1. The van der Waals surface area contributed by atoms with Crippen LogP contribution in [0.1, 0.15) is 46.3 Å². The van der Waals surface area contributed by atoms with Gasteiger partial charge in [-0.1, -0.05) is 26.0 Å². The van der Waals surface area contributed by atoms with Crippen molar-refractivity contribution in [1.29, 1.82) is 0 Å². The Hall–Kier alpha value is -2.43. The number of nitrogens with zero attached hydrogens (tertiary/aromatic N) is 3. The van der Waals surface area contributed by atoms with Crippen LogP contribution in [0.25, 0.3) is 0 Å². The van der Waals surface area contributed by atoms with Crippen LogP contribution >= 0.6 is 0 Å². The van der Waals surface area contributed by atoms with Gasteiger partial charge in [0.15, 0.2) is 0 Å². The molecule has 5 heteroatoms. The minimum atomic E-state index is -0.207. The van der Waals surface area contributed by atoms with Crippen molar-refractivity contribution < 1.29 is 9.59 Å². The first-order valence-electron chi connectivity index (χ1n) is 7.06. The molecule has 1 aliphatic heterocycles. The Bertz CT molecular complexity index is 668. The molecule has 0 aliphatic carbocycles. The molecule has 108 valence electrons. The summed E-state index contributed by atoms with van der Waals surface area (Å²) in [5.41, 5.74) is 0.995. The van der Waals surface area contributed by atoms with Crippen molar-refractivity contribution in [3.05, 3.63) is 53.6 Å². The van der Waals surface area contributed by atoms with Gasteiger partial charge in [-0.25, -0.2) is 4.98 Å². The van der Waals surface area contributed by atoms with E-state index >= 15 is 0 Å². The summed E-state index contributed by atoms with van der Waals surface area (Å²) in [7, 11) is 0. The van der Waals surface area contributed by atoms with Gasteiger partial charge in [0.25, 0.3) is 11.8 Å². The molecule has 0 fully saturated rings. The van der Waals surface area contributed by atoms with E-state index in [9.17, 15) is 9.59 Å². The maximum Gasteiger partial charge on any atom is 0.261 e. The average molecular weight is 283 g/mol. The number of benzene rings is 1. The summed E-state index contributed by atoms with van der Waals surface area (Å²) in [5.74, 6) is 0.859. The molecule has 21 heavy (non-hydrogen) atoms. The van der Waals surface area contributed by atoms with E-state index in [1.54, 1.807) is 30.5 Å². The van der Waals surface area contributed by atoms with Crippen LogP contribution in [0.15, 0.2) is 36.7 Å². The molecule has 0 spiro atoms. The first kappa shape index (κ1) is 13.5. The van der Waals surface area contributed by atoms with Crippen LogP contribution in [-0.4, -0.2) is 32.8 Å². The number of rotatable bonds is 4. The zero-order valence-electron chi connectivity index (χ0n) is 12.1. The quantitative estimate of drug-likeness (QED) is 0.809. The van der Waals surface area contributed by atoms with Gasteiger partial charge in [-0.05, 0) is 12.1 Å². The van der Waals surface area contributed by atoms with E-state index in [0.29, 0.717) is 30.1 Å². The van der Waals surface area contributed by atoms with E-state index in [4.69, 9.17) is 0 Å². The summed E-state index contributed by atoms with van der Waals surface area (Å²) in [4.78, 5) is 30.2. The van der Waals surface area contributed by atoms with Gasteiger partial charge in [-0.3, -0.25) is 14.5 Å². The van der Waals surface area contributed by atoms with Crippen molar-refractivity contribution >= 4 is 11.8 Å². The molecule has 1 aromatic carbocycles. The van der Waals surface area contributed by atoms with E-state index in [1.807, 2.05) is 10.8 Å². The van der Waals surface area contributed by atoms with Gasteiger partial charge in [0.1, 0.15) is 5.82 Å². The highest BCUT2D eigenvalue weighted by Gasteiger charge is 2.34. The molecular weight excluding hydrogens is 266 g/mol. The molecule has 2 aromatic rings. The Morgan fingerprint density at radius 3 is 2.24 bits per heavy atom. The second-order valence-corrected chi connectivity index (χ2v) is 5.44. The number of fused-ring (bicyclic) bond motifs is 1. The summed E-state index contributed by atoms with van der Waals surface area (Å²) >= 11 is 0. The van der Waals surface area contributed by atoms with Crippen LogP contribution in [0.2, 0.25) is 0 Å². The predicted octanol–water partition coefficient (Wildman–Crippen LogP) is 2.30. The molecule has 0 N–H and O–H groups in total. The molecule has 0 bridgehead atoms. The van der Waals surface area contributed by atoms with Gasteiger partial charge < -0.3 is 4.57 Å². The standard InChI is InChI=1S/C16H17N3O2/c1-11(2)14-17-7-8-18(14)9-10-19-15(20)12-5-3-4-6-13(12)16(19)21/h3-8,11H,9-10H2,1-2H3. The fourth-order valence-electron chi connectivity index (χ4n) is 2.66. The maximum absolute atomic E-state index is 12.3. The first-order chi connectivity index (χ1) is 10.1. The van der Waals surface area contributed by atoms with Crippen LogP contribution in [0.3, 0.4) is 0 Å². The molecule has 0 saturated carbocycles. The molecule has 0 saturated heterocycles. The molecule has 0 unspecified atom stereocenters. The third kappa shape index (κ3) is 2.24. The fraction of sp³-hybridized carbons (Fsp3) is 0.312. The minimum Gasteiger partial charge on any atom is -0.333 e. The van der Waals surface area contributed by atoms with Crippen molar-refractivity contribution in [3.8, 4) is 0 Å². The summed E-state index contributed by atoms with van der Waals surface area (Å²) < 4.78 is 1.99. The molecule has 2 amide bonds. The van der Waals surface area contributed by atoms with Gasteiger partial charge in [-0.2, -0.15) is 0 Å². The zero-order valence-corrected chi connectivity index (χ0v) is 12.1. The highest BCUT2D eigenvalue weighted by atomic mass is 16.2. The van der Waals surface area contributed by atoms with Gasteiger partial charge >= 0.3 is 0 Å². The van der Waals surface area contributed by atoms with E-state index in [-0.39, 0.29) is 11.8 Å². The van der Waals surface area contributed by atoms with Gasteiger partial charge in [0, 0.05) is 31.4 Å². The third-order valence-electron chi connectivity index (χ3n) is 3.71. The SMILES string of the molecule is CC(C)c1nccn1CCN1C(=O)c2ccccc2C1=O. The van der Waals surface area contributed by atoms with Crippen LogP contribution in [0.4, 0.5) is 0 Å². The molecule has 1 aliphatic rings. The normalized spacial score (nSPS) is 14.1. The van der Waals surface area contributed by atoms with E-state index < -0.39 is 0 Å². The number of amides is 2. The number of carbonyl (C=O) groups excluding carboxylic acids is 2. The van der Waals surface area contributed by atoms with Crippen LogP contribution < -0.4 is 0 Å². The topological polar surface area (TPSA) is 55.2 Å². The maximum atomic E-state index is 12.3. The minimum absolute atomic E-state index is 0.207. The number of hydrogen-bond acceptors (Lipinski definition) is 3. The van der Waals surface area contributed by atoms with Gasteiger partial charge in [0.05, 0.1) is 11.1 Å².